The van der Waals surface area contributed by atoms with E-state index in [9.17, 15) is 13.2 Å². The van der Waals surface area contributed by atoms with Crippen molar-refractivity contribution in [2.45, 2.75) is 23.1 Å². The average molecular weight is 385 g/mol. The maximum atomic E-state index is 12.5. The predicted molar refractivity (Wildman–Crippen MR) is 100 cm³/mol. The molecule has 0 aliphatic carbocycles. The molecule has 3 aromatic rings. The Balaban J connectivity index is 1.42. The number of carbonyl (C=O) groups excluding carboxylic acids is 1. The molecule has 2 aromatic heterocycles. The summed E-state index contributed by atoms with van der Waals surface area (Å²) in [4.78, 5) is 19.7. The van der Waals surface area contributed by atoms with Crippen LogP contribution in [0, 0.1) is 0 Å². The van der Waals surface area contributed by atoms with Crippen molar-refractivity contribution in [3.8, 4) is 0 Å². The minimum Gasteiger partial charge on any atom is -0.380 e. The number of ether oxygens (including phenoxy) is 1. The zero-order valence-electron chi connectivity index (χ0n) is 14.5. The van der Waals surface area contributed by atoms with Crippen molar-refractivity contribution in [1.29, 1.82) is 0 Å². The Hall–Kier alpha value is -2.71. The molecule has 0 unspecified atom stereocenters. The van der Waals surface area contributed by atoms with Crippen LogP contribution in [0.2, 0.25) is 0 Å². The molecule has 1 atom stereocenters. The third kappa shape index (κ3) is 3.58. The maximum Gasteiger partial charge on any atom is 0.267 e. The highest BCUT2D eigenvalue weighted by Crippen LogP contribution is 2.22. The molecule has 27 heavy (non-hydrogen) atoms. The Labute approximate surface area is 156 Å². The number of nitrogens with one attached hydrogen (secondary N) is 2. The summed E-state index contributed by atoms with van der Waals surface area (Å²) in [6.07, 6.45) is 3.88. The molecular weight excluding hydrogens is 366 g/mol. The van der Waals surface area contributed by atoms with Crippen LogP contribution in [0.3, 0.4) is 0 Å². The van der Waals surface area contributed by atoms with Crippen LogP contribution >= 0.6 is 0 Å². The summed E-state index contributed by atoms with van der Waals surface area (Å²) in [7, 11) is -3.37. The van der Waals surface area contributed by atoms with Gasteiger partial charge in [0, 0.05) is 36.4 Å². The van der Waals surface area contributed by atoms with Crippen LogP contribution in [0.5, 0.6) is 0 Å². The van der Waals surface area contributed by atoms with Gasteiger partial charge in [-0.3, -0.25) is 9.78 Å². The number of benzene rings is 1. The van der Waals surface area contributed by atoms with Gasteiger partial charge in [0.05, 0.1) is 16.8 Å². The van der Waals surface area contributed by atoms with E-state index < -0.39 is 15.1 Å². The van der Waals surface area contributed by atoms with Crippen molar-refractivity contribution in [3.63, 3.8) is 0 Å². The third-order valence-electron chi connectivity index (χ3n) is 4.70. The van der Waals surface area contributed by atoms with Crippen molar-refractivity contribution >= 4 is 26.6 Å². The fourth-order valence-corrected chi connectivity index (χ4v) is 4.70. The van der Waals surface area contributed by atoms with Gasteiger partial charge in [-0.25, -0.2) is 8.42 Å². The van der Waals surface area contributed by atoms with E-state index in [2.05, 4.69) is 15.3 Å². The molecule has 2 N–H and O–H groups in total. The van der Waals surface area contributed by atoms with Crippen molar-refractivity contribution in [3.05, 3.63) is 60.0 Å². The van der Waals surface area contributed by atoms with Gasteiger partial charge in [-0.2, -0.15) is 0 Å². The van der Waals surface area contributed by atoms with Crippen LogP contribution in [-0.2, 0) is 21.1 Å². The molecule has 140 valence electrons. The van der Waals surface area contributed by atoms with Gasteiger partial charge in [0.15, 0.2) is 9.84 Å². The van der Waals surface area contributed by atoms with Gasteiger partial charge in [-0.1, -0.05) is 12.1 Å². The number of hydrogen-bond donors (Lipinski definition) is 2. The second-order valence-electron chi connectivity index (χ2n) is 6.50. The van der Waals surface area contributed by atoms with Crippen molar-refractivity contribution in [1.82, 2.24) is 15.3 Å². The van der Waals surface area contributed by atoms with Crippen LogP contribution in [0.25, 0.3) is 10.9 Å². The average Bonchev–Trinajstić information content (AvgIpc) is 3.36. The standard InChI is InChI=1S/C19H19N3O4S/c23-19(18-9-14-11-20-7-5-17(14)22-18)21-10-13-1-3-15(4-2-13)27(24,25)16-6-8-26-12-16/h1-5,7,9,11,16,22H,6,8,10,12H2,(H,21,23)/t16-/m1/s1. The van der Waals surface area contributed by atoms with E-state index in [4.69, 9.17) is 4.74 Å². The Bertz CT molecular complexity index is 1030. The summed E-state index contributed by atoms with van der Waals surface area (Å²) in [5, 5.41) is 3.23. The normalized spacial score (nSPS) is 17.3. The number of aromatic nitrogens is 2. The highest BCUT2D eigenvalue weighted by atomic mass is 32.2. The maximum absolute atomic E-state index is 12.5. The van der Waals surface area contributed by atoms with Crippen LogP contribution in [-0.4, -0.2) is 42.8 Å². The number of fused-ring (bicyclic) bond motifs is 1. The lowest BCUT2D eigenvalue weighted by atomic mass is 10.2. The number of amides is 1. The summed E-state index contributed by atoms with van der Waals surface area (Å²) in [6, 6.07) is 10.2. The number of aromatic amines is 1. The first kappa shape index (κ1) is 17.7. The van der Waals surface area contributed by atoms with Crippen molar-refractivity contribution in [2.24, 2.45) is 0 Å². The highest BCUT2D eigenvalue weighted by molar-refractivity contribution is 7.92. The largest absolute Gasteiger partial charge is 0.380 e. The first-order valence-electron chi connectivity index (χ1n) is 8.65. The lowest BCUT2D eigenvalue weighted by molar-refractivity contribution is 0.0946. The first-order chi connectivity index (χ1) is 13.0. The Kier molecular flexibility index (Phi) is 4.67. The molecule has 3 heterocycles. The fraction of sp³-hybridized carbons (Fsp3) is 0.263. The van der Waals surface area contributed by atoms with Crippen LogP contribution in [0.4, 0.5) is 0 Å². The minimum absolute atomic E-state index is 0.231. The summed E-state index contributed by atoms with van der Waals surface area (Å²) in [6.45, 7) is 1.04. The lowest BCUT2D eigenvalue weighted by Crippen LogP contribution is -2.23. The smallest absolute Gasteiger partial charge is 0.267 e. The molecule has 1 aliphatic heterocycles. The molecule has 1 saturated heterocycles. The predicted octanol–water partition coefficient (Wildman–Crippen LogP) is 2.06. The molecule has 1 aromatic carbocycles. The monoisotopic (exact) mass is 385 g/mol. The number of rotatable bonds is 5. The van der Waals surface area contributed by atoms with E-state index in [0.29, 0.717) is 25.3 Å². The van der Waals surface area contributed by atoms with E-state index in [1.165, 1.54) is 0 Å². The molecule has 8 heteroatoms. The second kappa shape index (κ2) is 7.13. The number of sulfone groups is 1. The molecular formula is C19H19N3O4S. The van der Waals surface area contributed by atoms with Crippen molar-refractivity contribution < 1.29 is 17.9 Å². The summed E-state index contributed by atoms with van der Waals surface area (Å²) in [5.74, 6) is -0.231. The number of H-pyrrole nitrogens is 1. The molecule has 4 rings (SSSR count). The second-order valence-corrected chi connectivity index (χ2v) is 8.73. The van der Waals surface area contributed by atoms with Crippen molar-refractivity contribution in [2.75, 3.05) is 13.2 Å². The van der Waals surface area contributed by atoms with Gasteiger partial charge >= 0.3 is 0 Å². The summed E-state index contributed by atoms with van der Waals surface area (Å²) in [5.41, 5.74) is 2.13. The van der Waals surface area contributed by atoms with Gasteiger partial charge < -0.3 is 15.0 Å². The Morgan fingerprint density at radius 2 is 2.07 bits per heavy atom. The van der Waals surface area contributed by atoms with Crippen LogP contribution in [0.1, 0.15) is 22.5 Å². The zero-order chi connectivity index (χ0) is 18.9. The topological polar surface area (TPSA) is 101 Å². The van der Waals surface area contributed by atoms with E-state index in [0.717, 1.165) is 16.5 Å². The number of carbonyl (C=O) groups is 1. The first-order valence-corrected chi connectivity index (χ1v) is 10.2. The fourth-order valence-electron chi connectivity index (χ4n) is 3.12. The quantitative estimate of drug-likeness (QED) is 0.700. The molecule has 0 spiro atoms. The highest BCUT2D eigenvalue weighted by Gasteiger charge is 2.30. The van der Waals surface area contributed by atoms with E-state index in [1.807, 2.05) is 0 Å². The third-order valence-corrected chi connectivity index (χ3v) is 6.88. The zero-order valence-corrected chi connectivity index (χ0v) is 15.3. The number of hydrogen-bond acceptors (Lipinski definition) is 5. The minimum atomic E-state index is -3.37. The molecule has 0 bridgehead atoms. The molecule has 0 saturated carbocycles. The van der Waals surface area contributed by atoms with Crippen LogP contribution < -0.4 is 5.32 Å². The van der Waals surface area contributed by atoms with E-state index in [1.54, 1.807) is 48.8 Å². The molecule has 1 fully saturated rings. The van der Waals surface area contributed by atoms with Gasteiger partial charge in [0.25, 0.3) is 5.91 Å². The van der Waals surface area contributed by atoms with Gasteiger partial charge in [-0.05, 0) is 36.2 Å². The van der Waals surface area contributed by atoms with Gasteiger partial charge in [0.2, 0.25) is 0 Å². The number of pyridine rings is 1. The Morgan fingerprint density at radius 1 is 1.26 bits per heavy atom. The van der Waals surface area contributed by atoms with E-state index in [-0.39, 0.29) is 17.4 Å². The summed E-state index contributed by atoms with van der Waals surface area (Å²) < 4.78 is 30.2. The Morgan fingerprint density at radius 3 is 2.78 bits per heavy atom. The van der Waals surface area contributed by atoms with E-state index >= 15 is 0 Å². The molecule has 1 aliphatic rings. The van der Waals surface area contributed by atoms with Crippen LogP contribution in [0.15, 0.2) is 53.7 Å². The summed E-state index contributed by atoms with van der Waals surface area (Å²) >= 11 is 0. The molecule has 0 radical (unpaired) electrons. The lowest BCUT2D eigenvalue weighted by Gasteiger charge is -2.10. The molecule has 7 nitrogen and oxygen atoms in total. The molecule has 1 amide bonds. The number of nitrogens with zero attached hydrogens (tertiary/aromatic N) is 1. The van der Waals surface area contributed by atoms with Gasteiger partial charge in [0.1, 0.15) is 5.69 Å². The SMILES string of the molecule is O=C(NCc1ccc(S(=O)(=O)[C@@H]2CCOC2)cc1)c1cc2cnccc2[nH]1. The van der Waals surface area contributed by atoms with Gasteiger partial charge in [-0.15, -0.1) is 0 Å².